The average molecular weight is 287 g/mol. The van der Waals surface area contributed by atoms with Gasteiger partial charge in [-0.05, 0) is 18.6 Å². The third-order valence-corrected chi connectivity index (χ3v) is 4.24. The molecular formula is C16H21N3O2. The lowest BCUT2D eigenvalue weighted by Crippen LogP contribution is -2.56. The number of nitrogens with one attached hydrogen (secondary N) is 1. The molecule has 1 N–H and O–H groups in total. The summed E-state index contributed by atoms with van der Waals surface area (Å²) >= 11 is 0. The maximum absolute atomic E-state index is 12.6. The summed E-state index contributed by atoms with van der Waals surface area (Å²) in [6.45, 7) is 5.65. The van der Waals surface area contributed by atoms with E-state index in [9.17, 15) is 9.59 Å². The molecular weight excluding hydrogens is 266 g/mol. The average Bonchev–Trinajstić information content (AvgIpc) is 2.78. The maximum atomic E-state index is 12.6. The quantitative estimate of drug-likeness (QED) is 0.849. The molecule has 2 heterocycles. The lowest BCUT2D eigenvalue weighted by Gasteiger charge is -2.38. The second kappa shape index (κ2) is 5.95. The van der Waals surface area contributed by atoms with Gasteiger partial charge < -0.3 is 5.32 Å². The summed E-state index contributed by atoms with van der Waals surface area (Å²) in [6, 6.07) is 7.12. The Labute approximate surface area is 124 Å². The molecule has 1 aromatic rings. The number of rotatable bonds is 4. The van der Waals surface area contributed by atoms with Crippen LogP contribution in [0, 0.1) is 0 Å². The van der Waals surface area contributed by atoms with Crippen LogP contribution in [0.3, 0.4) is 0 Å². The van der Waals surface area contributed by atoms with E-state index in [1.54, 1.807) is 12.1 Å². The number of nitrogens with zero attached hydrogens (tertiary/aromatic N) is 2. The summed E-state index contributed by atoms with van der Waals surface area (Å²) < 4.78 is 0. The van der Waals surface area contributed by atoms with Crippen molar-refractivity contribution in [3.63, 3.8) is 0 Å². The van der Waals surface area contributed by atoms with Crippen LogP contribution in [0.25, 0.3) is 0 Å². The molecule has 0 saturated carbocycles. The van der Waals surface area contributed by atoms with E-state index in [0.29, 0.717) is 11.1 Å². The lowest BCUT2D eigenvalue weighted by molar-refractivity contribution is 0.0244. The van der Waals surface area contributed by atoms with E-state index >= 15 is 0 Å². The van der Waals surface area contributed by atoms with Gasteiger partial charge in [-0.15, -0.1) is 0 Å². The Morgan fingerprint density at radius 2 is 1.67 bits per heavy atom. The SMILES string of the molecule is CCCC(N1CCNCC1)N1C(=O)c2ccccc2C1=O. The number of imide groups is 1. The minimum absolute atomic E-state index is 0.121. The van der Waals surface area contributed by atoms with Crippen LogP contribution in [0.15, 0.2) is 24.3 Å². The van der Waals surface area contributed by atoms with Gasteiger partial charge in [0.2, 0.25) is 0 Å². The van der Waals surface area contributed by atoms with Crippen LogP contribution in [-0.4, -0.2) is 54.0 Å². The van der Waals surface area contributed by atoms with Gasteiger partial charge in [0.1, 0.15) is 0 Å². The van der Waals surface area contributed by atoms with Crippen LogP contribution in [0.4, 0.5) is 0 Å². The largest absolute Gasteiger partial charge is 0.314 e. The van der Waals surface area contributed by atoms with Crippen LogP contribution in [0.1, 0.15) is 40.5 Å². The van der Waals surface area contributed by atoms with Crippen molar-refractivity contribution in [2.75, 3.05) is 26.2 Å². The van der Waals surface area contributed by atoms with Crippen molar-refractivity contribution in [3.8, 4) is 0 Å². The zero-order chi connectivity index (χ0) is 14.8. The first kappa shape index (κ1) is 14.2. The van der Waals surface area contributed by atoms with Gasteiger partial charge in [-0.2, -0.15) is 0 Å². The van der Waals surface area contributed by atoms with Gasteiger partial charge in [0.25, 0.3) is 11.8 Å². The molecule has 3 rings (SSSR count). The molecule has 0 bridgehead atoms. The number of amides is 2. The fourth-order valence-corrected chi connectivity index (χ4v) is 3.19. The minimum Gasteiger partial charge on any atom is -0.314 e. The third kappa shape index (κ3) is 2.47. The highest BCUT2D eigenvalue weighted by Crippen LogP contribution is 2.27. The first-order valence-corrected chi connectivity index (χ1v) is 7.65. The van der Waals surface area contributed by atoms with E-state index < -0.39 is 0 Å². The Balaban J connectivity index is 1.90. The number of hydrogen-bond donors (Lipinski definition) is 1. The first-order chi connectivity index (χ1) is 10.2. The number of piperazine rings is 1. The summed E-state index contributed by atoms with van der Waals surface area (Å²) in [4.78, 5) is 29.0. The first-order valence-electron chi connectivity index (χ1n) is 7.65. The predicted molar refractivity (Wildman–Crippen MR) is 80.1 cm³/mol. The third-order valence-electron chi connectivity index (χ3n) is 4.24. The summed E-state index contributed by atoms with van der Waals surface area (Å²) in [5.41, 5.74) is 1.08. The number of benzene rings is 1. The van der Waals surface area contributed by atoms with E-state index in [4.69, 9.17) is 0 Å². The van der Waals surface area contributed by atoms with Gasteiger partial charge in [-0.3, -0.25) is 19.4 Å². The molecule has 5 heteroatoms. The Morgan fingerprint density at radius 1 is 1.10 bits per heavy atom. The van der Waals surface area contributed by atoms with Crippen LogP contribution in [-0.2, 0) is 0 Å². The molecule has 2 aliphatic heterocycles. The highest BCUT2D eigenvalue weighted by atomic mass is 16.2. The molecule has 112 valence electrons. The summed E-state index contributed by atoms with van der Waals surface area (Å²) in [5, 5.41) is 3.31. The Bertz CT molecular complexity index is 517. The zero-order valence-electron chi connectivity index (χ0n) is 12.3. The van der Waals surface area contributed by atoms with Crippen LogP contribution < -0.4 is 5.32 Å². The molecule has 1 saturated heterocycles. The summed E-state index contributed by atoms with van der Waals surface area (Å²) in [6.07, 6.45) is 1.65. The van der Waals surface area contributed by atoms with E-state index in [2.05, 4.69) is 17.1 Å². The molecule has 1 unspecified atom stereocenters. The number of carbonyl (C=O) groups is 2. The van der Waals surface area contributed by atoms with Gasteiger partial charge in [-0.1, -0.05) is 25.5 Å². The summed E-state index contributed by atoms with van der Waals surface area (Å²) in [5.74, 6) is -0.292. The molecule has 21 heavy (non-hydrogen) atoms. The van der Waals surface area contributed by atoms with Gasteiger partial charge in [-0.25, -0.2) is 0 Å². The van der Waals surface area contributed by atoms with E-state index in [-0.39, 0.29) is 18.0 Å². The van der Waals surface area contributed by atoms with Crippen LogP contribution in [0.2, 0.25) is 0 Å². The Morgan fingerprint density at radius 3 is 2.19 bits per heavy atom. The molecule has 0 aliphatic carbocycles. The molecule has 1 aromatic carbocycles. The molecule has 1 atom stereocenters. The van der Waals surface area contributed by atoms with Crippen molar-refractivity contribution in [2.45, 2.75) is 25.9 Å². The molecule has 2 aliphatic rings. The monoisotopic (exact) mass is 287 g/mol. The van der Waals surface area contributed by atoms with Crippen LogP contribution >= 0.6 is 0 Å². The van der Waals surface area contributed by atoms with E-state index in [1.165, 1.54) is 4.90 Å². The number of hydrogen-bond acceptors (Lipinski definition) is 4. The topological polar surface area (TPSA) is 52.6 Å². The Hall–Kier alpha value is -1.72. The van der Waals surface area contributed by atoms with Gasteiger partial charge in [0.15, 0.2) is 0 Å². The van der Waals surface area contributed by atoms with Gasteiger partial charge >= 0.3 is 0 Å². The highest BCUT2D eigenvalue weighted by molar-refractivity contribution is 6.21. The van der Waals surface area contributed by atoms with Crippen molar-refractivity contribution in [1.82, 2.24) is 15.1 Å². The molecule has 0 aromatic heterocycles. The van der Waals surface area contributed by atoms with Crippen molar-refractivity contribution < 1.29 is 9.59 Å². The standard InChI is InChI=1S/C16H21N3O2/c1-2-5-14(18-10-8-17-9-11-18)19-15(20)12-6-3-4-7-13(12)16(19)21/h3-4,6-7,14,17H,2,5,8-11H2,1H3. The van der Waals surface area contributed by atoms with Crippen LogP contribution in [0.5, 0.6) is 0 Å². The maximum Gasteiger partial charge on any atom is 0.262 e. The normalized spacial score (nSPS) is 20.7. The van der Waals surface area contributed by atoms with Crippen molar-refractivity contribution in [2.24, 2.45) is 0 Å². The fraction of sp³-hybridized carbons (Fsp3) is 0.500. The van der Waals surface area contributed by atoms with Gasteiger partial charge in [0, 0.05) is 26.2 Å². The molecule has 0 radical (unpaired) electrons. The van der Waals surface area contributed by atoms with Gasteiger partial charge in [0.05, 0.1) is 17.3 Å². The number of carbonyl (C=O) groups excluding carboxylic acids is 2. The van der Waals surface area contributed by atoms with Crippen molar-refractivity contribution >= 4 is 11.8 Å². The molecule has 0 spiro atoms. The lowest BCUT2D eigenvalue weighted by atomic mass is 10.1. The van der Waals surface area contributed by atoms with Crippen molar-refractivity contribution in [3.05, 3.63) is 35.4 Å². The molecule has 1 fully saturated rings. The predicted octanol–water partition coefficient (Wildman–Crippen LogP) is 1.31. The second-order valence-electron chi connectivity index (χ2n) is 5.58. The van der Waals surface area contributed by atoms with Crippen molar-refractivity contribution in [1.29, 1.82) is 0 Å². The summed E-state index contributed by atoms with van der Waals surface area (Å²) in [7, 11) is 0. The minimum atomic E-state index is -0.146. The zero-order valence-corrected chi connectivity index (χ0v) is 12.3. The van der Waals surface area contributed by atoms with E-state index in [1.807, 2.05) is 12.1 Å². The highest BCUT2D eigenvalue weighted by Gasteiger charge is 2.41. The molecule has 5 nitrogen and oxygen atoms in total. The molecule has 2 amide bonds. The smallest absolute Gasteiger partial charge is 0.262 e. The fourth-order valence-electron chi connectivity index (χ4n) is 3.19. The second-order valence-corrected chi connectivity index (χ2v) is 5.58. The van der Waals surface area contributed by atoms with E-state index in [0.717, 1.165) is 39.0 Å². The Kier molecular flexibility index (Phi) is 4.03. The number of fused-ring (bicyclic) bond motifs is 1.